The molecule has 1 aromatic heterocycles. The summed E-state index contributed by atoms with van der Waals surface area (Å²) >= 11 is 0. The first kappa shape index (κ1) is 14.8. The number of benzene rings is 1. The molecule has 0 aliphatic carbocycles. The number of hydrogen-bond donors (Lipinski definition) is 1. The topological polar surface area (TPSA) is 58.4 Å². The molecule has 1 N–H and O–H groups in total. The number of aliphatic carboxylic acids is 1. The molecule has 1 aromatic carbocycles. The number of carboxylic acids is 1. The minimum absolute atomic E-state index is 0.647. The largest absolute Gasteiger partial charge is 0.480 e. The molecule has 1 aliphatic rings. The zero-order valence-electron chi connectivity index (χ0n) is 13.0. The van der Waals surface area contributed by atoms with Crippen molar-refractivity contribution in [1.82, 2.24) is 14.5 Å². The molecule has 1 aliphatic heterocycles. The third kappa shape index (κ3) is 2.52. The Balaban J connectivity index is 2.05. The molecule has 0 spiro atoms. The molecule has 1 saturated heterocycles. The fourth-order valence-electron chi connectivity index (χ4n) is 3.15. The molecule has 1 atom stereocenters. The van der Waals surface area contributed by atoms with E-state index >= 15 is 0 Å². The van der Waals surface area contributed by atoms with Crippen molar-refractivity contribution in [2.45, 2.75) is 25.8 Å². The first-order chi connectivity index (χ1) is 10.6. The molecular formula is C17H21N3O2. The summed E-state index contributed by atoms with van der Waals surface area (Å²) < 4.78 is 1.98. The summed E-state index contributed by atoms with van der Waals surface area (Å²) in [6, 6.07) is 9.24. The van der Waals surface area contributed by atoms with Gasteiger partial charge in [0.05, 0.1) is 5.69 Å². The van der Waals surface area contributed by atoms with Crippen molar-refractivity contribution in [3.63, 3.8) is 0 Å². The molecule has 0 saturated carbocycles. The van der Waals surface area contributed by atoms with Gasteiger partial charge >= 0.3 is 5.97 Å². The van der Waals surface area contributed by atoms with Gasteiger partial charge in [0.2, 0.25) is 0 Å². The van der Waals surface area contributed by atoms with E-state index in [1.165, 1.54) is 0 Å². The van der Waals surface area contributed by atoms with Crippen LogP contribution in [0.2, 0.25) is 0 Å². The van der Waals surface area contributed by atoms with Crippen molar-refractivity contribution < 1.29 is 9.90 Å². The highest BCUT2D eigenvalue weighted by Crippen LogP contribution is 2.30. The molecule has 1 fully saturated rings. The second-order valence-electron chi connectivity index (χ2n) is 5.81. The Labute approximate surface area is 130 Å². The highest BCUT2D eigenvalue weighted by Gasteiger charge is 2.33. The van der Waals surface area contributed by atoms with Crippen molar-refractivity contribution in [2.75, 3.05) is 13.1 Å². The molecule has 22 heavy (non-hydrogen) atoms. The summed E-state index contributed by atoms with van der Waals surface area (Å²) in [6.45, 7) is 3.60. The smallest absolute Gasteiger partial charge is 0.327 e. The molecule has 1 unspecified atom stereocenters. The quantitative estimate of drug-likeness (QED) is 0.943. The van der Waals surface area contributed by atoms with Gasteiger partial charge in [0.1, 0.15) is 5.82 Å². The zero-order valence-corrected chi connectivity index (χ0v) is 13.0. The Morgan fingerprint density at radius 2 is 1.86 bits per heavy atom. The van der Waals surface area contributed by atoms with Gasteiger partial charge in [-0.15, -0.1) is 0 Å². The Morgan fingerprint density at radius 1 is 1.23 bits per heavy atom. The summed E-state index contributed by atoms with van der Waals surface area (Å²) in [7, 11) is 1.94. The van der Waals surface area contributed by atoms with Gasteiger partial charge in [-0.1, -0.05) is 30.3 Å². The maximum absolute atomic E-state index is 11.8. The van der Waals surface area contributed by atoms with Crippen LogP contribution in [0.15, 0.2) is 30.3 Å². The molecule has 0 amide bonds. The third-order valence-corrected chi connectivity index (χ3v) is 4.45. The minimum atomic E-state index is -0.817. The minimum Gasteiger partial charge on any atom is -0.480 e. The van der Waals surface area contributed by atoms with E-state index in [1.807, 2.05) is 53.8 Å². The van der Waals surface area contributed by atoms with Crippen LogP contribution in [0.3, 0.4) is 0 Å². The summed E-state index contributed by atoms with van der Waals surface area (Å²) in [6.07, 6.45) is 2.11. The van der Waals surface area contributed by atoms with Gasteiger partial charge in [-0.3, -0.25) is 9.69 Å². The number of hydrogen-bond acceptors (Lipinski definition) is 3. The maximum atomic E-state index is 11.8. The average molecular weight is 299 g/mol. The Bertz CT molecular complexity index is 673. The Morgan fingerprint density at radius 3 is 2.45 bits per heavy atom. The van der Waals surface area contributed by atoms with Crippen molar-refractivity contribution in [3.05, 3.63) is 41.7 Å². The number of aromatic nitrogens is 2. The summed E-state index contributed by atoms with van der Waals surface area (Å²) in [5.74, 6) is 0.00117. The first-order valence-corrected chi connectivity index (χ1v) is 7.65. The number of rotatable bonds is 4. The van der Waals surface area contributed by atoms with Gasteiger partial charge in [-0.25, -0.2) is 4.98 Å². The van der Waals surface area contributed by atoms with Gasteiger partial charge in [-0.2, -0.15) is 0 Å². The van der Waals surface area contributed by atoms with E-state index < -0.39 is 12.0 Å². The number of carbonyl (C=O) groups is 1. The third-order valence-electron chi connectivity index (χ3n) is 4.45. The lowest BCUT2D eigenvalue weighted by molar-refractivity contribution is -0.143. The van der Waals surface area contributed by atoms with E-state index in [2.05, 4.69) is 4.98 Å². The van der Waals surface area contributed by atoms with E-state index in [1.54, 1.807) is 0 Å². The lowest BCUT2D eigenvalue weighted by Crippen LogP contribution is -2.32. The highest BCUT2D eigenvalue weighted by atomic mass is 16.4. The Hall–Kier alpha value is -2.14. The van der Waals surface area contributed by atoms with Crippen molar-refractivity contribution in [1.29, 1.82) is 0 Å². The van der Waals surface area contributed by atoms with E-state index in [-0.39, 0.29) is 0 Å². The Kier molecular flexibility index (Phi) is 3.98. The lowest BCUT2D eigenvalue weighted by atomic mass is 10.1. The SMILES string of the molecule is Cc1c(C(C(=O)O)N2CCCC2)nc(-c2ccccc2)n1C. The predicted molar refractivity (Wildman–Crippen MR) is 84.6 cm³/mol. The van der Waals surface area contributed by atoms with Crippen LogP contribution >= 0.6 is 0 Å². The molecule has 2 heterocycles. The first-order valence-electron chi connectivity index (χ1n) is 7.65. The molecular weight excluding hydrogens is 278 g/mol. The van der Waals surface area contributed by atoms with Crippen LogP contribution in [0, 0.1) is 6.92 Å². The fraction of sp³-hybridized carbons (Fsp3) is 0.412. The van der Waals surface area contributed by atoms with Crippen molar-refractivity contribution in [3.8, 4) is 11.4 Å². The van der Waals surface area contributed by atoms with Crippen LogP contribution < -0.4 is 0 Å². The second kappa shape index (κ2) is 5.93. The van der Waals surface area contributed by atoms with Gasteiger partial charge in [-0.05, 0) is 32.9 Å². The zero-order chi connectivity index (χ0) is 15.7. The van der Waals surface area contributed by atoms with E-state index in [0.717, 1.165) is 43.0 Å². The molecule has 5 nitrogen and oxygen atoms in total. The molecule has 3 rings (SSSR count). The number of likely N-dealkylation sites (tertiary alicyclic amines) is 1. The molecule has 5 heteroatoms. The summed E-state index contributed by atoms with van der Waals surface area (Å²) in [5.41, 5.74) is 2.58. The van der Waals surface area contributed by atoms with Gasteiger partial charge in [0, 0.05) is 18.3 Å². The maximum Gasteiger partial charge on any atom is 0.327 e. The number of nitrogens with zero attached hydrogens (tertiary/aromatic N) is 3. The molecule has 116 valence electrons. The highest BCUT2D eigenvalue weighted by molar-refractivity contribution is 5.76. The van der Waals surface area contributed by atoms with Crippen LogP contribution in [-0.4, -0.2) is 38.6 Å². The van der Waals surface area contributed by atoms with Crippen LogP contribution in [0.5, 0.6) is 0 Å². The average Bonchev–Trinajstić information content (AvgIpc) is 3.12. The van der Waals surface area contributed by atoms with Gasteiger partial charge < -0.3 is 9.67 Å². The lowest BCUT2D eigenvalue weighted by Gasteiger charge is -2.22. The number of imidazole rings is 1. The van der Waals surface area contributed by atoms with E-state index in [4.69, 9.17) is 0 Å². The summed E-state index contributed by atoms with van der Waals surface area (Å²) in [4.78, 5) is 18.5. The summed E-state index contributed by atoms with van der Waals surface area (Å²) in [5, 5.41) is 9.69. The second-order valence-corrected chi connectivity index (χ2v) is 5.81. The molecule has 2 aromatic rings. The van der Waals surface area contributed by atoms with Crippen molar-refractivity contribution >= 4 is 5.97 Å². The monoisotopic (exact) mass is 299 g/mol. The van der Waals surface area contributed by atoms with Crippen LogP contribution in [0.4, 0.5) is 0 Å². The van der Waals surface area contributed by atoms with Crippen LogP contribution in [0.25, 0.3) is 11.4 Å². The number of carboxylic acid groups (broad SMARTS) is 1. The van der Waals surface area contributed by atoms with E-state index in [0.29, 0.717) is 5.69 Å². The molecule has 0 bridgehead atoms. The van der Waals surface area contributed by atoms with Gasteiger partial charge in [0.15, 0.2) is 6.04 Å². The predicted octanol–water partition coefficient (Wildman–Crippen LogP) is 2.62. The molecule has 0 radical (unpaired) electrons. The van der Waals surface area contributed by atoms with Crippen LogP contribution in [0.1, 0.15) is 30.3 Å². The van der Waals surface area contributed by atoms with E-state index in [9.17, 15) is 9.90 Å². The van der Waals surface area contributed by atoms with Crippen molar-refractivity contribution in [2.24, 2.45) is 7.05 Å². The standard InChI is InChI=1S/C17H21N3O2/c1-12-14(15(17(21)22)20-10-6-7-11-20)18-16(19(12)2)13-8-4-3-5-9-13/h3-5,8-9,15H,6-7,10-11H2,1-2H3,(H,21,22). The fourth-order valence-corrected chi connectivity index (χ4v) is 3.15. The van der Waals surface area contributed by atoms with Gasteiger partial charge in [0.25, 0.3) is 0 Å². The normalized spacial score (nSPS) is 16.8. The van der Waals surface area contributed by atoms with Crippen LogP contribution in [-0.2, 0) is 11.8 Å².